The molecule has 0 spiro atoms. The average Bonchev–Trinajstić information content (AvgIpc) is 2.78. The summed E-state index contributed by atoms with van der Waals surface area (Å²) in [6.45, 7) is 1.43. The highest BCUT2D eigenvalue weighted by Gasteiger charge is 2.40. The minimum Gasteiger partial charge on any atom is -0.492 e. The van der Waals surface area contributed by atoms with Crippen LogP contribution in [0.5, 0.6) is 5.75 Å². The number of aliphatic hydroxyl groups is 2. The molecule has 2 atom stereocenters. The molecule has 2 N–H and O–H groups in total. The number of hydrogen-bond donors (Lipinski definition) is 2. The van der Waals surface area contributed by atoms with Gasteiger partial charge in [-0.25, -0.2) is 0 Å². The summed E-state index contributed by atoms with van der Waals surface area (Å²) in [5.74, 6) is 0.473. The molecule has 30 heavy (non-hydrogen) atoms. The summed E-state index contributed by atoms with van der Waals surface area (Å²) < 4.78 is 5.82. The van der Waals surface area contributed by atoms with Gasteiger partial charge in [-0.15, -0.1) is 0 Å². The second-order valence-corrected chi connectivity index (χ2v) is 7.78. The smallest absolute Gasteiger partial charge is 0.121 e. The van der Waals surface area contributed by atoms with Gasteiger partial charge in [0.15, 0.2) is 0 Å². The number of nitrogens with zero attached hydrogens (tertiary/aromatic N) is 1. The monoisotopic (exact) mass is 405 g/mol. The molecule has 0 unspecified atom stereocenters. The normalized spacial score (nSPS) is 14.3. The van der Waals surface area contributed by atoms with Crippen LogP contribution in [0.1, 0.15) is 29.0 Å². The van der Waals surface area contributed by atoms with E-state index < -0.39 is 5.60 Å². The van der Waals surface area contributed by atoms with Gasteiger partial charge in [-0.05, 0) is 49.3 Å². The maximum Gasteiger partial charge on any atom is 0.121 e. The molecular weight excluding hydrogens is 374 g/mol. The lowest BCUT2D eigenvalue weighted by Crippen LogP contribution is -2.35. The van der Waals surface area contributed by atoms with Gasteiger partial charge in [-0.1, -0.05) is 72.8 Å². The third kappa shape index (κ3) is 5.08. The molecule has 0 aliphatic rings. The molecule has 3 rings (SSSR count). The van der Waals surface area contributed by atoms with Crippen LogP contribution in [0.3, 0.4) is 0 Å². The Balaban J connectivity index is 2.00. The molecule has 3 aromatic carbocycles. The van der Waals surface area contributed by atoms with Gasteiger partial charge in [0, 0.05) is 19.1 Å². The number of benzene rings is 3. The summed E-state index contributed by atoms with van der Waals surface area (Å²) in [6, 6.07) is 27.2. The van der Waals surface area contributed by atoms with Crippen molar-refractivity contribution in [3.05, 3.63) is 102 Å². The van der Waals surface area contributed by atoms with E-state index in [0.717, 1.165) is 29.0 Å². The molecule has 4 nitrogen and oxygen atoms in total. The first kappa shape index (κ1) is 22.0. The van der Waals surface area contributed by atoms with Crippen LogP contribution in [0.2, 0.25) is 0 Å². The molecular formula is C26H31NO3. The van der Waals surface area contributed by atoms with E-state index in [4.69, 9.17) is 4.74 Å². The minimum atomic E-state index is -1.28. The fourth-order valence-electron chi connectivity index (χ4n) is 3.84. The van der Waals surface area contributed by atoms with E-state index in [0.29, 0.717) is 13.0 Å². The summed E-state index contributed by atoms with van der Waals surface area (Å²) in [6.07, 6.45) is 0.441. The predicted octanol–water partition coefficient (Wildman–Crippen LogP) is 4.03. The van der Waals surface area contributed by atoms with Gasteiger partial charge in [0.2, 0.25) is 0 Å². The molecule has 0 saturated carbocycles. The van der Waals surface area contributed by atoms with Gasteiger partial charge >= 0.3 is 0 Å². The van der Waals surface area contributed by atoms with Crippen molar-refractivity contribution < 1.29 is 14.9 Å². The zero-order valence-electron chi connectivity index (χ0n) is 17.7. The van der Waals surface area contributed by atoms with E-state index in [2.05, 4.69) is 4.90 Å². The second kappa shape index (κ2) is 10.4. The molecule has 0 saturated heterocycles. The van der Waals surface area contributed by atoms with Crippen molar-refractivity contribution in [3.8, 4) is 5.75 Å². The van der Waals surface area contributed by atoms with E-state index in [1.807, 2.05) is 99.0 Å². The van der Waals surface area contributed by atoms with Crippen molar-refractivity contribution in [1.29, 1.82) is 0 Å². The first-order chi connectivity index (χ1) is 14.6. The van der Waals surface area contributed by atoms with Crippen LogP contribution in [-0.4, -0.2) is 49.0 Å². The quantitative estimate of drug-likeness (QED) is 0.535. The Kier molecular flexibility index (Phi) is 7.63. The van der Waals surface area contributed by atoms with Gasteiger partial charge in [-0.3, -0.25) is 0 Å². The number of ether oxygens (including phenoxy) is 1. The fourth-order valence-corrected chi connectivity index (χ4v) is 3.84. The highest BCUT2D eigenvalue weighted by atomic mass is 16.5. The summed E-state index contributed by atoms with van der Waals surface area (Å²) in [7, 11) is 4.02. The minimum absolute atomic E-state index is 0.0135. The highest BCUT2D eigenvalue weighted by molar-refractivity contribution is 5.43. The molecule has 0 aliphatic carbocycles. The fraction of sp³-hybridized carbons (Fsp3) is 0.308. The van der Waals surface area contributed by atoms with E-state index >= 15 is 0 Å². The summed E-state index contributed by atoms with van der Waals surface area (Å²) in [5, 5.41) is 22.0. The van der Waals surface area contributed by atoms with Crippen molar-refractivity contribution in [2.75, 3.05) is 33.9 Å². The first-order valence-electron chi connectivity index (χ1n) is 10.4. The number of hydrogen-bond acceptors (Lipinski definition) is 4. The second-order valence-electron chi connectivity index (χ2n) is 7.78. The average molecular weight is 406 g/mol. The Morgan fingerprint density at radius 1 is 0.833 bits per heavy atom. The third-order valence-corrected chi connectivity index (χ3v) is 5.44. The topological polar surface area (TPSA) is 52.9 Å². The maximum atomic E-state index is 12.2. The number of aliphatic hydroxyl groups excluding tert-OH is 1. The lowest BCUT2D eigenvalue weighted by Gasteiger charge is -2.38. The number of rotatable bonds is 10. The Bertz CT molecular complexity index is 881. The SMILES string of the molecule is CN(C)CCOc1ccc([C@](O)(c2ccccc2)[C@H](CCO)c2ccccc2)cc1. The van der Waals surface area contributed by atoms with E-state index in [-0.39, 0.29) is 12.5 Å². The highest BCUT2D eigenvalue weighted by Crippen LogP contribution is 2.44. The molecule has 4 heteroatoms. The zero-order valence-corrected chi connectivity index (χ0v) is 17.7. The van der Waals surface area contributed by atoms with Gasteiger partial charge in [0.05, 0.1) is 0 Å². The van der Waals surface area contributed by atoms with Crippen molar-refractivity contribution >= 4 is 0 Å². The van der Waals surface area contributed by atoms with Crippen LogP contribution < -0.4 is 4.74 Å². The van der Waals surface area contributed by atoms with E-state index in [1.54, 1.807) is 0 Å². The lowest BCUT2D eigenvalue weighted by atomic mass is 9.71. The van der Waals surface area contributed by atoms with Crippen LogP contribution >= 0.6 is 0 Å². The molecule has 0 amide bonds. The standard InChI is InChI=1S/C26H31NO3/c1-27(2)18-20-30-24-15-13-23(14-16-24)26(29,22-11-7-4-8-12-22)25(17-19-28)21-9-5-3-6-10-21/h3-16,25,28-29H,17-20H2,1-2H3/t25-,26-/m1/s1. The van der Waals surface area contributed by atoms with Gasteiger partial charge in [-0.2, -0.15) is 0 Å². The molecule has 0 aromatic heterocycles. The van der Waals surface area contributed by atoms with Crippen LogP contribution in [0.15, 0.2) is 84.9 Å². The van der Waals surface area contributed by atoms with Crippen molar-refractivity contribution in [3.63, 3.8) is 0 Å². The Labute approximate surface area is 179 Å². The van der Waals surface area contributed by atoms with E-state index in [9.17, 15) is 10.2 Å². The summed E-state index contributed by atoms with van der Waals surface area (Å²) in [4.78, 5) is 2.07. The maximum absolute atomic E-state index is 12.2. The van der Waals surface area contributed by atoms with E-state index in [1.165, 1.54) is 0 Å². The van der Waals surface area contributed by atoms with Crippen LogP contribution in [0.25, 0.3) is 0 Å². The molecule has 0 heterocycles. The largest absolute Gasteiger partial charge is 0.492 e. The summed E-state index contributed by atoms with van der Waals surface area (Å²) in [5.41, 5.74) is 1.28. The predicted molar refractivity (Wildman–Crippen MR) is 121 cm³/mol. The lowest BCUT2D eigenvalue weighted by molar-refractivity contribution is 0.0393. The molecule has 0 radical (unpaired) electrons. The Morgan fingerprint density at radius 2 is 1.40 bits per heavy atom. The molecule has 3 aromatic rings. The van der Waals surface area contributed by atoms with Crippen molar-refractivity contribution in [1.82, 2.24) is 4.90 Å². The van der Waals surface area contributed by atoms with Gasteiger partial charge < -0.3 is 19.8 Å². The third-order valence-electron chi connectivity index (χ3n) is 5.44. The van der Waals surface area contributed by atoms with Gasteiger partial charge in [0.1, 0.15) is 18.0 Å². The summed E-state index contributed by atoms with van der Waals surface area (Å²) >= 11 is 0. The zero-order chi connectivity index (χ0) is 21.4. The Hall–Kier alpha value is -2.66. The van der Waals surface area contributed by atoms with Crippen molar-refractivity contribution in [2.24, 2.45) is 0 Å². The first-order valence-corrected chi connectivity index (χ1v) is 10.4. The molecule has 0 aliphatic heterocycles. The van der Waals surface area contributed by atoms with Crippen LogP contribution in [0.4, 0.5) is 0 Å². The van der Waals surface area contributed by atoms with Crippen molar-refractivity contribution in [2.45, 2.75) is 17.9 Å². The Morgan fingerprint density at radius 3 is 1.97 bits per heavy atom. The molecule has 0 bridgehead atoms. The molecule has 0 fully saturated rings. The van der Waals surface area contributed by atoms with Crippen LogP contribution in [0, 0.1) is 0 Å². The van der Waals surface area contributed by atoms with Gasteiger partial charge in [0.25, 0.3) is 0 Å². The molecule has 158 valence electrons. The van der Waals surface area contributed by atoms with Crippen LogP contribution in [-0.2, 0) is 5.60 Å². The number of likely N-dealkylation sites (N-methyl/N-ethyl adjacent to an activating group) is 1.